The van der Waals surface area contributed by atoms with Crippen LogP contribution < -0.4 is 4.74 Å². The quantitative estimate of drug-likeness (QED) is 0.424. The fourth-order valence-electron chi connectivity index (χ4n) is 4.23. The number of fused-ring (bicyclic) bond motifs is 1. The summed E-state index contributed by atoms with van der Waals surface area (Å²) in [7, 11) is 1.94. The molecule has 0 amide bonds. The van der Waals surface area contributed by atoms with E-state index >= 15 is 0 Å². The number of halogens is 1. The summed E-state index contributed by atoms with van der Waals surface area (Å²) in [4.78, 5) is 6.82. The van der Waals surface area contributed by atoms with Crippen LogP contribution in [0.5, 0.6) is 5.75 Å². The van der Waals surface area contributed by atoms with Gasteiger partial charge in [0, 0.05) is 50.4 Å². The number of morpholine rings is 1. The Morgan fingerprint density at radius 3 is 2.88 bits per heavy atom. The molecule has 170 valence electrons. The van der Waals surface area contributed by atoms with E-state index in [4.69, 9.17) is 14.6 Å². The van der Waals surface area contributed by atoms with Crippen molar-refractivity contribution in [1.82, 2.24) is 19.7 Å². The normalized spacial score (nSPS) is 16.8. The van der Waals surface area contributed by atoms with E-state index in [0.29, 0.717) is 25.4 Å². The van der Waals surface area contributed by atoms with Crippen molar-refractivity contribution in [3.8, 4) is 5.75 Å². The monoisotopic (exact) mass is 446 g/mol. The molecule has 0 aliphatic carbocycles. The van der Waals surface area contributed by atoms with Crippen LogP contribution in [0, 0.1) is 5.82 Å². The Kier molecular flexibility index (Phi) is 6.32. The molecular weight excluding hydrogens is 419 g/mol. The van der Waals surface area contributed by atoms with Crippen LogP contribution in [0.2, 0.25) is 0 Å². The first-order chi connectivity index (χ1) is 16.1. The summed E-state index contributed by atoms with van der Waals surface area (Å²) in [5.41, 5.74) is 4.32. The maximum atomic E-state index is 13.0. The molecule has 0 spiro atoms. The van der Waals surface area contributed by atoms with Gasteiger partial charge >= 0.3 is 0 Å². The zero-order valence-electron chi connectivity index (χ0n) is 18.7. The summed E-state index contributed by atoms with van der Waals surface area (Å²) in [5.74, 6) is 0.396. The van der Waals surface area contributed by atoms with Crippen molar-refractivity contribution in [2.24, 2.45) is 7.05 Å². The molecule has 1 atom stereocenters. The molecular formula is C26H27FN4O2. The van der Waals surface area contributed by atoms with Crippen molar-refractivity contribution in [1.29, 1.82) is 0 Å². The third kappa shape index (κ3) is 5.21. The summed E-state index contributed by atoms with van der Waals surface area (Å²) >= 11 is 0. The second kappa shape index (κ2) is 9.68. The molecule has 0 radical (unpaired) electrons. The summed E-state index contributed by atoms with van der Waals surface area (Å²) < 4.78 is 26.7. The number of nitrogens with zero attached hydrogens (tertiary/aromatic N) is 4. The van der Waals surface area contributed by atoms with Crippen molar-refractivity contribution >= 4 is 10.9 Å². The first-order valence-electron chi connectivity index (χ1n) is 11.2. The molecule has 0 unspecified atom stereocenters. The number of aromatic nitrogens is 3. The zero-order chi connectivity index (χ0) is 22.6. The fourth-order valence-corrected chi connectivity index (χ4v) is 4.23. The lowest BCUT2D eigenvalue weighted by molar-refractivity contribution is -0.0352. The first-order valence-corrected chi connectivity index (χ1v) is 11.2. The van der Waals surface area contributed by atoms with E-state index in [1.807, 2.05) is 24.0 Å². The Morgan fingerprint density at radius 1 is 1.12 bits per heavy atom. The highest BCUT2D eigenvalue weighted by molar-refractivity contribution is 5.78. The molecule has 0 bridgehead atoms. The number of rotatable bonds is 7. The van der Waals surface area contributed by atoms with Gasteiger partial charge in [0.05, 0.1) is 24.4 Å². The van der Waals surface area contributed by atoms with Gasteiger partial charge in [0.25, 0.3) is 0 Å². The third-order valence-electron chi connectivity index (χ3n) is 5.99. The maximum absolute atomic E-state index is 13.0. The van der Waals surface area contributed by atoms with Gasteiger partial charge in [0.1, 0.15) is 17.7 Å². The van der Waals surface area contributed by atoms with Crippen molar-refractivity contribution in [3.63, 3.8) is 0 Å². The van der Waals surface area contributed by atoms with Crippen LogP contribution in [0.25, 0.3) is 10.9 Å². The van der Waals surface area contributed by atoms with Gasteiger partial charge in [0.2, 0.25) is 0 Å². The number of aryl methyl sites for hydroxylation is 1. The Balaban J connectivity index is 1.19. The predicted octanol–water partition coefficient (Wildman–Crippen LogP) is 4.30. The molecule has 3 heterocycles. The molecule has 0 saturated carbocycles. The lowest BCUT2D eigenvalue weighted by Crippen LogP contribution is -2.38. The van der Waals surface area contributed by atoms with Crippen LogP contribution in [-0.2, 0) is 24.8 Å². The van der Waals surface area contributed by atoms with Gasteiger partial charge in [-0.05, 0) is 54.1 Å². The number of hydrogen-bond donors (Lipinski definition) is 0. The van der Waals surface area contributed by atoms with Crippen LogP contribution in [0.3, 0.4) is 0 Å². The second-order valence-corrected chi connectivity index (χ2v) is 8.36. The minimum atomic E-state index is -0.266. The van der Waals surface area contributed by atoms with Crippen LogP contribution in [-0.4, -0.2) is 46.0 Å². The standard InChI is InChI=1S/C26H27FN4O2/c1-30-22(10-13-32-23-7-5-21(27)6-8-23)16-25(29-30)26-18-31(12-14-33-26)17-19-4-9-24-20(15-19)3-2-11-28-24/h2-9,11,15-16,26H,10,12-14,17-18H2,1H3/t26-/m0/s1. The molecule has 7 heteroatoms. The van der Waals surface area contributed by atoms with E-state index in [9.17, 15) is 4.39 Å². The van der Waals surface area contributed by atoms with Gasteiger partial charge < -0.3 is 9.47 Å². The number of hydrogen-bond acceptors (Lipinski definition) is 5. The summed E-state index contributed by atoms with van der Waals surface area (Å²) in [6.07, 6.45) is 2.48. The topological polar surface area (TPSA) is 52.4 Å². The lowest BCUT2D eigenvalue weighted by Gasteiger charge is -2.32. The van der Waals surface area contributed by atoms with Crippen LogP contribution in [0.4, 0.5) is 4.39 Å². The molecule has 1 saturated heterocycles. The molecule has 1 fully saturated rings. The Morgan fingerprint density at radius 2 is 2.00 bits per heavy atom. The Hall–Kier alpha value is -3.29. The highest BCUT2D eigenvalue weighted by Gasteiger charge is 2.25. The van der Waals surface area contributed by atoms with Crippen LogP contribution >= 0.6 is 0 Å². The molecule has 0 N–H and O–H groups in total. The van der Waals surface area contributed by atoms with E-state index < -0.39 is 0 Å². The minimum absolute atomic E-state index is 0.0566. The van der Waals surface area contributed by atoms with Gasteiger partial charge in [-0.3, -0.25) is 14.6 Å². The SMILES string of the molecule is Cn1nc([C@@H]2CN(Cc3ccc4ncccc4c3)CCO2)cc1CCOc1ccc(F)cc1. The molecule has 1 aliphatic heterocycles. The first kappa shape index (κ1) is 21.6. The fraction of sp³-hybridized carbons (Fsp3) is 0.308. The van der Waals surface area contributed by atoms with Gasteiger partial charge in [-0.15, -0.1) is 0 Å². The van der Waals surface area contributed by atoms with E-state index in [2.05, 4.69) is 40.2 Å². The Bertz CT molecular complexity index is 1220. The average molecular weight is 447 g/mol. The van der Waals surface area contributed by atoms with E-state index in [0.717, 1.165) is 41.9 Å². The molecule has 2 aromatic carbocycles. The number of ether oxygens (including phenoxy) is 2. The van der Waals surface area contributed by atoms with Crippen molar-refractivity contribution < 1.29 is 13.9 Å². The number of pyridine rings is 1. The maximum Gasteiger partial charge on any atom is 0.123 e. The highest BCUT2D eigenvalue weighted by Crippen LogP contribution is 2.24. The number of benzene rings is 2. The molecule has 6 nitrogen and oxygen atoms in total. The molecule has 5 rings (SSSR count). The van der Waals surface area contributed by atoms with E-state index in [-0.39, 0.29) is 11.9 Å². The lowest BCUT2D eigenvalue weighted by atomic mass is 10.1. The molecule has 1 aliphatic rings. The Labute approximate surface area is 192 Å². The molecule has 2 aromatic heterocycles. The largest absolute Gasteiger partial charge is 0.493 e. The molecule has 4 aromatic rings. The molecule has 33 heavy (non-hydrogen) atoms. The van der Waals surface area contributed by atoms with E-state index in [1.165, 1.54) is 17.7 Å². The summed E-state index contributed by atoms with van der Waals surface area (Å²) in [5, 5.41) is 5.87. The van der Waals surface area contributed by atoms with Gasteiger partial charge in [-0.1, -0.05) is 12.1 Å². The van der Waals surface area contributed by atoms with Crippen molar-refractivity contribution in [2.75, 3.05) is 26.3 Å². The van der Waals surface area contributed by atoms with E-state index in [1.54, 1.807) is 12.1 Å². The summed E-state index contributed by atoms with van der Waals surface area (Å²) in [6.45, 7) is 3.74. The zero-order valence-corrected chi connectivity index (χ0v) is 18.7. The second-order valence-electron chi connectivity index (χ2n) is 8.36. The van der Waals surface area contributed by atoms with Gasteiger partial charge in [-0.2, -0.15) is 5.10 Å². The smallest absolute Gasteiger partial charge is 0.123 e. The van der Waals surface area contributed by atoms with Crippen molar-refractivity contribution in [2.45, 2.75) is 19.1 Å². The van der Waals surface area contributed by atoms with Crippen LogP contribution in [0.15, 0.2) is 66.9 Å². The van der Waals surface area contributed by atoms with Crippen molar-refractivity contribution in [3.05, 3.63) is 89.6 Å². The van der Waals surface area contributed by atoms with Gasteiger partial charge in [-0.25, -0.2) is 4.39 Å². The third-order valence-corrected chi connectivity index (χ3v) is 5.99. The highest BCUT2D eigenvalue weighted by atomic mass is 19.1. The minimum Gasteiger partial charge on any atom is -0.493 e. The summed E-state index contributed by atoms with van der Waals surface area (Å²) in [6, 6.07) is 18.7. The predicted molar refractivity (Wildman–Crippen MR) is 125 cm³/mol. The average Bonchev–Trinajstić information content (AvgIpc) is 3.21. The van der Waals surface area contributed by atoms with Crippen LogP contribution in [0.1, 0.15) is 23.1 Å². The van der Waals surface area contributed by atoms with Gasteiger partial charge in [0.15, 0.2) is 0 Å².